The van der Waals surface area contributed by atoms with Crippen molar-refractivity contribution in [2.45, 2.75) is 24.8 Å². The van der Waals surface area contributed by atoms with Gasteiger partial charge in [-0.1, -0.05) is 0 Å². The summed E-state index contributed by atoms with van der Waals surface area (Å²) in [4.78, 5) is 4.06. The standard InChI is InChI=1S/C6H14N4O/c7-5(10-8)9-6(4-11)2-1-3-6/h11H,1-4,8H2,(H3,7,9,10). The fourth-order valence-electron chi connectivity index (χ4n) is 1.18. The Balaban J connectivity index is 2.56. The maximum atomic E-state index is 8.95. The van der Waals surface area contributed by atoms with Crippen molar-refractivity contribution < 1.29 is 5.11 Å². The summed E-state index contributed by atoms with van der Waals surface area (Å²) in [5.41, 5.74) is 7.25. The summed E-state index contributed by atoms with van der Waals surface area (Å²) in [6, 6.07) is 0. The van der Waals surface area contributed by atoms with E-state index in [1.807, 2.05) is 0 Å². The minimum atomic E-state index is -0.337. The van der Waals surface area contributed by atoms with E-state index in [-0.39, 0.29) is 18.1 Å². The Bertz CT molecular complexity index is 158. The van der Waals surface area contributed by atoms with E-state index in [2.05, 4.69) is 10.4 Å². The molecular weight excluding hydrogens is 144 g/mol. The van der Waals surface area contributed by atoms with Gasteiger partial charge in [-0.3, -0.25) is 5.43 Å². The molecule has 0 spiro atoms. The van der Waals surface area contributed by atoms with Crippen LogP contribution in [0, 0.1) is 0 Å². The molecule has 0 amide bonds. The molecule has 0 saturated heterocycles. The lowest BCUT2D eigenvalue weighted by Gasteiger charge is -2.36. The number of rotatable bonds is 2. The molecule has 0 bridgehead atoms. The molecule has 0 atom stereocenters. The average molecular weight is 158 g/mol. The van der Waals surface area contributed by atoms with Crippen molar-refractivity contribution in [2.75, 3.05) is 6.61 Å². The molecule has 5 heteroatoms. The molecule has 0 radical (unpaired) electrons. The van der Waals surface area contributed by atoms with E-state index < -0.39 is 0 Å². The molecular formula is C6H14N4O. The Labute approximate surface area is 65.4 Å². The first-order chi connectivity index (χ1) is 5.22. The lowest BCUT2D eigenvalue weighted by atomic mass is 9.78. The maximum Gasteiger partial charge on any atom is 0.203 e. The van der Waals surface area contributed by atoms with Crippen molar-refractivity contribution in [3.63, 3.8) is 0 Å². The van der Waals surface area contributed by atoms with E-state index in [1.165, 1.54) is 0 Å². The van der Waals surface area contributed by atoms with Crippen molar-refractivity contribution in [3.05, 3.63) is 0 Å². The molecule has 0 aromatic carbocycles. The van der Waals surface area contributed by atoms with Crippen LogP contribution in [0.15, 0.2) is 4.99 Å². The SMILES string of the molecule is NNC(N)=NC1(CO)CCC1. The van der Waals surface area contributed by atoms with Gasteiger partial charge in [0.05, 0.1) is 12.1 Å². The van der Waals surface area contributed by atoms with Gasteiger partial charge in [0, 0.05) is 0 Å². The number of hydrogen-bond donors (Lipinski definition) is 4. The van der Waals surface area contributed by atoms with Crippen LogP contribution in [-0.2, 0) is 0 Å². The van der Waals surface area contributed by atoms with Crippen LogP contribution in [0.1, 0.15) is 19.3 Å². The largest absolute Gasteiger partial charge is 0.394 e. The highest BCUT2D eigenvalue weighted by Gasteiger charge is 2.36. The molecule has 1 aliphatic rings. The van der Waals surface area contributed by atoms with Gasteiger partial charge in [0.15, 0.2) is 0 Å². The average Bonchev–Trinajstić information content (AvgIpc) is 1.96. The third-order valence-corrected chi connectivity index (χ3v) is 2.08. The second-order valence-electron chi connectivity index (χ2n) is 2.88. The molecule has 0 aromatic rings. The second kappa shape index (κ2) is 3.06. The number of hydrazine groups is 1. The molecule has 1 fully saturated rings. The van der Waals surface area contributed by atoms with Crippen molar-refractivity contribution in [1.82, 2.24) is 5.43 Å². The number of nitrogens with zero attached hydrogens (tertiary/aromatic N) is 1. The molecule has 0 heterocycles. The first kappa shape index (κ1) is 8.29. The Morgan fingerprint density at radius 3 is 2.55 bits per heavy atom. The van der Waals surface area contributed by atoms with Gasteiger partial charge in [-0.25, -0.2) is 10.8 Å². The van der Waals surface area contributed by atoms with E-state index in [0.717, 1.165) is 19.3 Å². The normalized spacial score (nSPS) is 22.5. The summed E-state index contributed by atoms with van der Waals surface area (Å²) >= 11 is 0. The summed E-state index contributed by atoms with van der Waals surface area (Å²) in [6.07, 6.45) is 2.89. The van der Waals surface area contributed by atoms with Crippen molar-refractivity contribution in [3.8, 4) is 0 Å². The Morgan fingerprint density at radius 1 is 1.64 bits per heavy atom. The number of hydrogen-bond acceptors (Lipinski definition) is 3. The predicted molar refractivity (Wildman–Crippen MR) is 42.6 cm³/mol. The van der Waals surface area contributed by atoms with E-state index in [1.54, 1.807) is 0 Å². The molecule has 1 aliphatic carbocycles. The minimum Gasteiger partial charge on any atom is -0.394 e. The van der Waals surface area contributed by atoms with Crippen molar-refractivity contribution in [1.29, 1.82) is 0 Å². The van der Waals surface area contributed by atoms with Gasteiger partial charge in [0.25, 0.3) is 0 Å². The molecule has 11 heavy (non-hydrogen) atoms. The predicted octanol–water partition coefficient (Wildman–Crippen LogP) is -1.32. The van der Waals surface area contributed by atoms with E-state index >= 15 is 0 Å². The molecule has 64 valence electrons. The van der Waals surface area contributed by atoms with Crippen molar-refractivity contribution in [2.24, 2.45) is 16.6 Å². The summed E-state index contributed by atoms with van der Waals surface area (Å²) in [7, 11) is 0. The van der Waals surface area contributed by atoms with E-state index in [4.69, 9.17) is 16.7 Å². The van der Waals surface area contributed by atoms with Gasteiger partial charge in [-0.05, 0) is 19.3 Å². The third-order valence-electron chi connectivity index (χ3n) is 2.08. The molecule has 0 aliphatic heterocycles. The number of guanidine groups is 1. The summed E-state index contributed by atoms with van der Waals surface area (Å²) in [6.45, 7) is 0.0510. The summed E-state index contributed by atoms with van der Waals surface area (Å²) in [5.74, 6) is 5.22. The third kappa shape index (κ3) is 1.61. The molecule has 0 unspecified atom stereocenters. The zero-order valence-corrected chi connectivity index (χ0v) is 6.38. The quantitative estimate of drug-likeness (QED) is 0.173. The minimum absolute atomic E-state index is 0.0510. The molecule has 1 saturated carbocycles. The highest BCUT2D eigenvalue weighted by Crippen LogP contribution is 2.34. The van der Waals surface area contributed by atoms with Gasteiger partial charge >= 0.3 is 0 Å². The van der Waals surface area contributed by atoms with Crippen LogP contribution in [0.5, 0.6) is 0 Å². The van der Waals surface area contributed by atoms with Gasteiger partial charge < -0.3 is 10.8 Å². The Hall–Kier alpha value is -0.810. The smallest absolute Gasteiger partial charge is 0.203 e. The second-order valence-corrected chi connectivity index (χ2v) is 2.88. The first-order valence-electron chi connectivity index (χ1n) is 3.65. The maximum absolute atomic E-state index is 8.95. The molecule has 0 aromatic heterocycles. The van der Waals surface area contributed by atoms with Crippen LogP contribution >= 0.6 is 0 Å². The summed E-state index contributed by atoms with van der Waals surface area (Å²) < 4.78 is 0. The zero-order valence-electron chi connectivity index (χ0n) is 6.38. The highest BCUT2D eigenvalue weighted by atomic mass is 16.3. The topological polar surface area (TPSA) is 96.7 Å². The number of aliphatic imine (C=N–C) groups is 1. The number of aliphatic hydroxyl groups excluding tert-OH is 1. The van der Waals surface area contributed by atoms with Crippen LogP contribution in [0.25, 0.3) is 0 Å². The molecule has 5 nitrogen and oxygen atoms in total. The van der Waals surface area contributed by atoms with Gasteiger partial charge in [0.2, 0.25) is 5.96 Å². The Morgan fingerprint density at radius 2 is 2.27 bits per heavy atom. The molecule has 1 rings (SSSR count). The van der Waals surface area contributed by atoms with Crippen LogP contribution in [0.2, 0.25) is 0 Å². The Kier molecular flexibility index (Phi) is 2.31. The molecule has 6 N–H and O–H groups in total. The van der Waals surface area contributed by atoms with E-state index in [0.29, 0.717) is 0 Å². The fraction of sp³-hybridized carbons (Fsp3) is 0.833. The van der Waals surface area contributed by atoms with Gasteiger partial charge in [0.1, 0.15) is 0 Å². The van der Waals surface area contributed by atoms with Crippen molar-refractivity contribution >= 4 is 5.96 Å². The fourth-order valence-corrected chi connectivity index (χ4v) is 1.18. The number of aliphatic hydroxyl groups is 1. The first-order valence-corrected chi connectivity index (χ1v) is 3.65. The monoisotopic (exact) mass is 158 g/mol. The lowest BCUT2D eigenvalue weighted by molar-refractivity contribution is 0.128. The van der Waals surface area contributed by atoms with Crippen LogP contribution in [-0.4, -0.2) is 23.2 Å². The van der Waals surface area contributed by atoms with E-state index in [9.17, 15) is 0 Å². The summed E-state index contributed by atoms with van der Waals surface area (Å²) in [5, 5.41) is 8.95. The van der Waals surface area contributed by atoms with Crippen LogP contribution < -0.4 is 17.0 Å². The van der Waals surface area contributed by atoms with Gasteiger partial charge in [-0.2, -0.15) is 0 Å². The highest BCUT2D eigenvalue weighted by molar-refractivity contribution is 5.77. The number of nitrogens with two attached hydrogens (primary N) is 2. The van der Waals surface area contributed by atoms with Crippen LogP contribution in [0.3, 0.4) is 0 Å². The zero-order chi connectivity index (χ0) is 8.32. The lowest BCUT2D eigenvalue weighted by Crippen LogP contribution is -2.45. The number of nitrogens with one attached hydrogen (secondary N) is 1. The van der Waals surface area contributed by atoms with Crippen LogP contribution in [0.4, 0.5) is 0 Å². The van der Waals surface area contributed by atoms with Gasteiger partial charge in [-0.15, -0.1) is 0 Å².